The predicted octanol–water partition coefficient (Wildman–Crippen LogP) is 5.85. The summed E-state index contributed by atoms with van der Waals surface area (Å²) in [6.45, 7) is 0. The Morgan fingerprint density at radius 1 is 1.16 bits per heavy atom. The zero-order valence-corrected chi connectivity index (χ0v) is 14.1. The van der Waals surface area contributed by atoms with E-state index in [2.05, 4.69) is 38.5 Å². The van der Waals surface area contributed by atoms with Crippen molar-refractivity contribution in [2.24, 2.45) is 0 Å². The van der Waals surface area contributed by atoms with E-state index in [-0.39, 0.29) is 5.38 Å². The van der Waals surface area contributed by atoms with Gasteiger partial charge in [-0.1, -0.05) is 22.0 Å². The average molecular weight is 457 g/mol. The van der Waals surface area contributed by atoms with Crippen LogP contribution < -0.4 is 0 Å². The highest BCUT2D eigenvalue weighted by molar-refractivity contribution is 14.1. The molecule has 0 N–H and O–H groups in total. The molecule has 0 saturated carbocycles. The van der Waals surface area contributed by atoms with Gasteiger partial charge >= 0.3 is 0 Å². The van der Waals surface area contributed by atoms with E-state index in [0.29, 0.717) is 12.0 Å². The number of hydrogen-bond acceptors (Lipinski definition) is 0. The first kappa shape index (κ1) is 15.2. The smallest absolute Gasteiger partial charge is 0.129 e. The van der Waals surface area contributed by atoms with Crippen LogP contribution in [-0.4, -0.2) is 0 Å². The molecule has 0 amide bonds. The molecule has 0 fully saturated rings. The molecular weight excluding hydrogens is 448 g/mol. The predicted molar refractivity (Wildman–Crippen MR) is 85.5 cm³/mol. The van der Waals surface area contributed by atoms with Crippen LogP contribution in [0.4, 0.5) is 8.78 Å². The molecule has 0 aliphatic heterocycles. The molecule has 0 bridgehead atoms. The zero-order chi connectivity index (χ0) is 14.0. The van der Waals surface area contributed by atoms with Crippen molar-refractivity contribution in [3.63, 3.8) is 0 Å². The van der Waals surface area contributed by atoms with Gasteiger partial charge in [0.1, 0.15) is 11.6 Å². The Morgan fingerprint density at radius 3 is 2.58 bits per heavy atom. The molecule has 5 heteroatoms. The van der Waals surface area contributed by atoms with E-state index in [1.54, 1.807) is 0 Å². The summed E-state index contributed by atoms with van der Waals surface area (Å²) < 4.78 is 28.4. The lowest BCUT2D eigenvalue weighted by atomic mass is 10.0. The molecule has 0 aromatic heterocycles. The van der Waals surface area contributed by atoms with Crippen LogP contribution in [0.15, 0.2) is 40.9 Å². The highest BCUT2D eigenvalue weighted by Crippen LogP contribution is 2.31. The van der Waals surface area contributed by atoms with Crippen molar-refractivity contribution in [3.8, 4) is 0 Å². The lowest BCUT2D eigenvalue weighted by Crippen LogP contribution is -2.01. The number of halogens is 5. The first-order valence-corrected chi connectivity index (χ1v) is 7.81. The second-order valence-electron chi connectivity index (χ2n) is 4.07. The third-order valence-corrected chi connectivity index (χ3v) is 4.57. The summed E-state index contributed by atoms with van der Waals surface area (Å²) in [6, 6.07) is 9.34. The fraction of sp³-hybridized carbons (Fsp3) is 0.143. The van der Waals surface area contributed by atoms with Crippen molar-refractivity contribution in [3.05, 3.63) is 67.2 Å². The normalized spacial score (nSPS) is 12.5. The van der Waals surface area contributed by atoms with Crippen LogP contribution >= 0.6 is 50.1 Å². The van der Waals surface area contributed by atoms with Gasteiger partial charge in [-0.25, -0.2) is 8.78 Å². The molecule has 0 spiro atoms. The molecule has 0 aliphatic rings. The highest BCUT2D eigenvalue weighted by atomic mass is 127. The van der Waals surface area contributed by atoms with Gasteiger partial charge in [-0.15, -0.1) is 11.6 Å². The largest absolute Gasteiger partial charge is 0.207 e. The summed E-state index contributed by atoms with van der Waals surface area (Å²) in [5.74, 6) is -1.14. The molecule has 1 atom stereocenters. The quantitative estimate of drug-likeness (QED) is 0.400. The second kappa shape index (κ2) is 6.50. The Bertz CT molecular complexity index is 604. The van der Waals surface area contributed by atoms with Gasteiger partial charge in [0.15, 0.2) is 0 Å². The van der Waals surface area contributed by atoms with Crippen LogP contribution in [0.1, 0.15) is 16.5 Å². The Hall–Kier alpha value is -0.200. The van der Waals surface area contributed by atoms with Crippen molar-refractivity contribution in [1.82, 2.24) is 0 Å². The van der Waals surface area contributed by atoms with Crippen molar-refractivity contribution >= 4 is 50.1 Å². The number of rotatable bonds is 3. The first-order valence-electron chi connectivity index (χ1n) is 5.50. The third-order valence-electron chi connectivity index (χ3n) is 2.71. The van der Waals surface area contributed by atoms with Gasteiger partial charge in [-0.3, -0.25) is 0 Å². The molecule has 0 nitrogen and oxygen atoms in total. The Labute approximate surface area is 137 Å². The molecule has 0 saturated heterocycles. The van der Waals surface area contributed by atoms with Gasteiger partial charge < -0.3 is 0 Å². The molecule has 1 unspecified atom stereocenters. The molecular formula is C14H9BrClF2I. The van der Waals surface area contributed by atoms with E-state index in [0.717, 1.165) is 19.7 Å². The fourth-order valence-electron chi connectivity index (χ4n) is 1.74. The van der Waals surface area contributed by atoms with E-state index in [1.807, 2.05) is 18.2 Å². The molecule has 19 heavy (non-hydrogen) atoms. The maximum atomic E-state index is 13.6. The monoisotopic (exact) mass is 456 g/mol. The maximum absolute atomic E-state index is 13.6. The number of benzene rings is 2. The summed E-state index contributed by atoms with van der Waals surface area (Å²) in [5.41, 5.74) is 1.34. The minimum Gasteiger partial charge on any atom is -0.207 e. The summed E-state index contributed by atoms with van der Waals surface area (Å²) >= 11 is 11.9. The maximum Gasteiger partial charge on any atom is 0.129 e. The highest BCUT2D eigenvalue weighted by Gasteiger charge is 2.15. The van der Waals surface area contributed by atoms with Gasteiger partial charge in [0.2, 0.25) is 0 Å². The summed E-state index contributed by atoms with van der Waals surface area (Å²) in [5, 5.41) is -0.357. The Morgan fingerprint density at radius 2 is 1.89 bits per heavy atom. The molecule has 2 rings (SSSR count). The first-order chi connectivity index (χ1) is 8.97. The van der Waals surface area contributed by atoms with Gasteiger partial charge in [-0.05, 0) is 64.4 Å². The van der Waals surface area contributed by atoms with E-state index < -0.39 is 11.6 Å². The lowest BCUT2D eigenvalue weighted by molar-refractivity contribution is 0.570. The summed E-state index contributed by atoms with van der Waals surface area (Å²) in [7, 11) is 0. The zero-order valence-electron chi connectivity index (χ0n) is 9.64. The van der Waals surface area contributed by atoms with Crippen LogP contribution in [0.2, 0.25) is 0 Å². The molecule has 0 aliphatic carbocycles. The SMILES string of the molecule is Fc1ccc(CC(Cl)c2cc(Br)ccc2I)c(F)c1. The van der Waals surface area contributed by atoms with Crippen LogP contribution in [-0.2, 0) is 6.42 Å². The van der Waals surface area contributed by atoms with E-state index in [1.165, 1.54) is 12.1 Å². The fourth-order valence-corrected chi connectivity index (χ4v) is 3.37. The standard InChI is InChI=1S/C14H9BrClF2I/c15-9-2-4-14(19)11(6-9)12(16)5-8-1-3-10(17)7-13(8)18/h1-4,6-7,12H,5H2. The van der Waals surface area contributed by atoms with E-state index >= 15 is 0 Å². The minimum atomic E-state index is -0.579. The van der Waals surface area contributed by atoms with Crippen LogP contribution in [0.25, 0.3) is 0 Å². The lowest BCUT2D eigenvalue weighted by Gasteiger charge is -2.13. The Balaban J connectivity index is 2.25. The number of hydrogen-bond donors (Lipinski definition) is 0. The van der Waals surface area contributed by atoms with Gasteiger partial charge in [0.05, 0.1) is 5.38 Å². The molecule has 2 aromatic rings. The van der Waals surface area contributed by atoms with Gasteiger partial charge in [0.25, 0.3) is 0 Å². The average Bonchev–Trinajstić information content (AvgIpc) is 2.35. The van der Waals surface area contributed by atoms with Crippen LogP contribution in [0.3, 0.4) is 0 Å². The summed E-state index contributed by atoms with van der Waals surface area (Å²) in [4.78, 5) is 0. The van der Waals surface area contributed by atoms with Crippen LogP contribution in [0.5, 0.6) is 0 Å². The van der Waals surface area contributed by atoms with Crippen LogP contribution in [0, 0.1) is 15.2 Å². The van der Waals surface area contributed by atoms with Crippen molar-refractivity contribution in [2.75, 3.05) is 0 Å². The minimum absolute atomic E-state index is 0.320. The molecule has 2 aromatic carbocycles. The van der Waals surface area contributed by atoms with Crippen molar-refractivity contribution < 1.29 is 8.78 Å². The van der Waals surface area contributed by atoms with Gasteiger partial charge in [0, 0.05) is 14.1 Å². The molecule has 0 radical (unpaired) electrons. The Kier molecular flexibility index (Phi) is 5.20. The van der Waals surface area contributed by atoms with Crippen molar-refractivity contribution in [2.45, 2.75) is 11.8 Å². The number of alkyl halides is 1. The topological polar surface area (TPSA) is 0 Å². The third kappa shape index (κ3) is 3.89. The molecule has 100 valence electrons. The summed E-state index contributed by atoms with van der Waals surface area (Å²) in [6.07, 6.45) is 0.320. The van der Waals surface area contributed by atoms with Gasteiger partial charge in [-0.2, -0.15) is 0 Å². The van der Waals surface area contributed by atoms with E-state index in [4.69, 9.17) is 11.6 Å². The second-order valence-corrected chi connectivity index (χ2v) is 6.68. The van der Waals surface area contributed by atoms with Crippen molar-refractivity contribution in [1.29, 1.82) is 0 Å². The van der Waals surface area contributed by atoms with E-state index in [9.17, 15) is 8.78 Å². The molecule has 0 heterocycles.